The zero-order valence-corrected chi connectivity index (χ0v) is 9.24. The first kappa shape index (κ1) is 10.9. The standard InChI is InChI=1S/C12H21NO2/c13-10(11(14)15)9-5-4-8-12(9)6-2-1-3-7-12/h9-10H,1-8,13H2,(H,14,15). The lowest BCUT2D eigenvalue weighted by Gasteiger charge is -2.40. The molecule has 0 aromatic rings. The molecule has 2 atom stereocenters. The number of nitrogens with two attached hydrogens (primary N) is 1. The summed E-state index contributed by atoms with van der Waals surface area (Å²) in [7, 11) is 0. The topological polar surface area (TPSA) is 63.3 Å². The van der Waals surface area contributed by atoms with Crippen LogP contribution in [-0.2, 0) is 4.79 Å². The zero-order valence-electron chi connectivity index (χ0n) is 9.24. The van der Waals surface area contributed by atoms with E-state index in [9.17, 15) is 4.79 Å². The van der Waals surface area contributed by atoms with Gasteiger partial charge >= 0.3 is 5.97 Å². The summed E-state index contributed by atoms with van der Waals surface area (Å²) < 4.78 is 0. The first-order chi connectivity index (χ1) is 7.16. The van der Waals surface area contributed by atoms with Crippen LogP contribution in [0.5, 0.6) is 0 Å². The Morgan fingerprint density at radius 1 is 1.20 bits per heavy atom. The maximum atomic E-state index is 11.0. The maximum absolute atomic E-state index is 11.0. The monoisotopic (exact) mass is 211 g/mol. The van der Waals surface area contributed by atoms with Gasteiger partial charge in [-0.25, -0.2) is 0 Å². The highest BCUT2D eigenvalue weighted by Crippen LogP contribution is 2.53. The van der Waals surface area contributed by atoms with Crippen molar-refractivity contribution >= 4 is 5.97 Å². The van der Waals surface area contributed by atoms with E-state index in [2.05, 4.69) is 0 Å². The predicted molar refractivity (Wildman–Crippen MR) is 58.5 cm³/mol. The Bertz CT molecular complexity index is 246. The SMILES string of the molecule is NC(C(=O)O)C1CCCC12CCCCC2. The third kappa shape index (κ3) is 1.89. The summed E-state index contributed by atoms with van der Waals surface area (Å²) in [6, 6.07) is -0.634. The van der Waals surface area contributed by atoms with Gasteiger partial charge in [0.15, 0.2) is 0 Å². The van der Waals surface area contributed by atoms with Crippen molar-refractivity contribution in [3.8, 4) is 0 Å². The van der Waals surface area contributed by atoms with E-state index >= 15 is 0 Å². The van der Waals surface area contributed by atoms with Crippen molar-refractivity contribution in [1.82, 2.24) is 0 Å². The van der Waals surface area contributed by atoms with Crippen LogP contribution in [0.2, 0.25) is 0 Å². The quantitative estimate of drug-likeness (QED) is 0.735. The molecule has 3 N–H and O–H groups in total. The fourth-order valence-electron chi connectivity index (χ4n) is 3.77. The van der Waals surface area contributed by atoms with Gasteiger partial charge in [-0.1, -0.05) is 25.7 Å². The van der Waals surface area contributed by atoms with E-state index in [4.69, 9.17) is 10.8 Å². The Kier molecular flexibility index (Phi) is 3.01. The van der Waals surface area contributed by atoms with Crippen LogP contribution in [0.1, 0.15) is 51.4 Å². The second-order valence-electron chi connectivity index (χ2n) is 5.29. The van der Waals surface area contributed by atoms with Crippen LogP contribution < -0.4 is 5.73 Å². The van der Waals surface area contributed by atoms with E-state index in [0.29, 0.717) is 0 Å². The van der Waals surface area contributed by atoms with E-state index in [1.165, 1.54) is 44.9 Å². The first-order valence-electron chi connectivity index (χ1n) is 6.14. The number of carboxylic acid groups (broad SMARTS) is 1. The molecule has 86 valence electrons. The number of aliphatic carboxylic acids is 1. The van der Waals surface area contributed by atoms with Gasteiger partial charge in [-0.05, 0) is 37.0 Å². The Morgan fingerprint density at radius 3 is 2.40 bits per heavy atom. The van der Waals surface area contributed by atoms with Gasteiger partial charge in [0.05, 0.1) is 0 Å². The Hall–Kier alpha value is -0.570. The second kappa shape index (κ2) is 4.12. The zero-order chi connectivity index (χ0) is 10.9. The average molecular weight is 211 g/mol. The smallest absolute Gasteiger partial charge is 0.320 e. The van der Waals surface area contributed by atoms with Crippen molar-refractivity contribution in [2.75, 3.05) is 0 Å². The van der Waals surface area contributed by atoms with E-state index in [0.717, 1.165) is 6.42 Å². The Balaban J connectivity index is 2.12. The summed E-state index contributed by atoms with van der Waals surface area (Å²) in [5.74, 6) is -0.581. The van der Waals surface area contributed by atoms with Crippen LogP contribution in [-0.4, -0.2) is 17.1 Å². The molecule has 0 heterocycles. The molecule has 0 saturated heterocycles. The largest absolute Gasteiger partial charge is 0.480 e. The van der Waals surface area contributed by atoms with Crippen molar-refractivity contribution < 1.29 is 9.90 Å². The summed E-state index contributed by atoms with van der Waals surface area (Å²) in [6.45, 7) is 0. The lowest BCUT2D eigenvalue weighted by Crippen LogP contribution is -2.45. The van der Waals surface area contributed by atoms with Crippen LogP contribution in [0.4, 0.5) is 0 Å². The van der Waals surface area contributed by atoms with Crippen LogP contribution >= 0.6 is 0 Å². The van der Waals surface area contributed by atoms with Gasteiger partial charge in [-0.3, -0.25) is 4.79 Å². The third-order valence-electron chi connectivity index (χ3n) is 4.54. The molecule has 3 heteroatoms. The van der Waals surface area contributed by atoms with Gasteiger partial charge in [-0.2, -0.15) is 0 Å². The van der Waals surface area contributed by atoms with Crippen molar-refractivity contribution in [3.05, 3.63) is 0 Å². The molecule has 0 aromatic carbocycles. The van der Waals surface area contributed by atoms with Gasteiger partial charge in [0.2, 0.25) is 0 Å². The molecule has 2 fully saturated rings. The van der Waals surface area contributed by atoms with Gasteiger partial charge < -0.3 is 10.8 Å². The van der Waals surface area contributed by atoms with Gasteiger partial charge in [0.25, 0.3) is 0 Å². The summed E-state index contributed by atoms with van der Waals surface area (Å²) in [5, 5.41) is 9.03. The Labute approximate surface area is 91.0 Å². The third-order valence-corrected chi connectivity index (χ3v) is 4.54. The molecule has 2 aliphatic carbocycles. The van der Waals surface area contributed by atoms with E-state index in [1.807, 2.05) is 0 Å². The molecule has 0 aromatic heterocycles. The van der Waals surface area contributed by atoms with Crippen LogP contribution in [0.15, 0.2) is 0 Å². The van der Waals surface area contributed by atoms with Gasteiger partial charge in [-0.15, -0.1) is 0 Å². The molecule has 15 heavy (non-hydrogen) atoms. The Morgan fingerprint density at radius 2 is 1.80 bits per heavy atom. The van der Waals surface area contributed by atoms with Crippen molar-refractivity contribution in [1.29, 1.82) is 0 Å². The molecule has 2 unspecified atom stereocenters. The fourth-order valence-corrected chi connectivity index (χ4v) is 3.77. The molecule has 0 amide bonds. The molecule has 2 aliphatic rings. The minimum absolute atomic E-state index is 0.232. The normalized spacial score (nSPS) is 31.7. The lowest BCUT2D eigenvalue weighted by atomic mass is 9.65. The van der Waals surface area contributed by atoms with Crippen LogP contribution in [0, 0.1) is 11.3 Å². The van der Waals surface area contributed by atoms with E-state index in [-0.39, 0.29) is 11.3 Å². The molecule has 2 saturated carbocycles. The highest BCUT2D eigenvalue weighted by molar-refractivity contribution is 5.73. The molecule has 1 spiro atoms. The van der Waals surface area contributed by atoms with E-state index < -0.39 is 12.0 Å². The summed E-state index contributed by atoms with van der Waals surface area (Å²) in [6.07, 6.45) is 9.66. The fraction of sp³-hybridized carbons (Fsp3) is 0.917. The number of carbonyl (C=O) groups is 1. The lowest BCUT2D eigenvalue weighted by molar-refractivity contribution is -0.141. The predicted octanol–water partition coefficient (Wildman–Crippen LogP) is 2.15. The highest BCUT2D eigenvalue weighted by atomic mass is 16.4. The minimum atomic E-state index is -0.813. The maximum Gasteiger partial charge on any atom is 0.320 e. The summed E-state index contributed by atoms with van der Waals surface area (Å²) >= 11 is 0. The van der Waals surface area contributed by atoms with Crippen molar-refractivity contribution in [3.63, 3.8) is 0 Å². The second-order valence-corrected chi connectivity index (χ2v) is 5.29. The van der Waals surface area contributed by atoms with Crippen molar-refractivity contribution in [2.24, 2.45) is 17.1 Å². The number of carboxylic acids is 1. The average Bonchev–Trinajstić information content (AvgIpc) is 2.61. The summed E-state index contributed by atoms with van der Waals surface area (Å²) in [5.41, 5.74) is 6.12. The number of hydrogen-bond acceptors (Lipinski definition) is 2. The highest BCUT2D eigenvalue weighted by Gasteiger charge is 2.47. The molecule has 0 bridgehead atoms. The molecule has 3 nitrogen and oxygen atoms in total. The minimum Gasteiger partial charge on any atom is -0.480 e. The van der Waals surface area contributed by atoms with E-state index in [1.54, 1.807) is 0 Å². The first-order valence-corrected chi connectivity index (χ1v) is 6.14. The summed E-state index contributed by atoms with van der Waals surface area (Å²) in [4.78, 5) is 11.0. The molecular formula is C12H21NO2. The number of rotatable bonds is 2. The molecule has 0 aliphatic heterocycles. The van der Waals surface area contributed by atoms with Gasteiger partial charge in [0.1, 0.15) is 6.04 Å². The van der Waals surface area contributed by atoms with Crippen LogP contribution in [0.25, 0.3) is 0 Å². The van der Waals surface area contributed by atoms with Crippen LogP contribution in [0.3, 0.4) is 0 Å². The molecule has 2 rings (SSSR count). The van der Waals surface area contributed by atoms with Crippen molar-refractivity contribution in [2.45, 2.75) is 57.4 Å². The molecule has 0 radical (unpaired) electrons. The number of hydrogen-bond donors (Lipinski definition) is 2. The van der Waals surface area contributed by atoms with Gasteiger partial charge in [0, 0.05) is 0 Å². The molecular weight excluding hydrogens is 190 g/mol.